The Labute approximate surface area is 203 Å². The van der Waals surface area contributed by atoms with Crippen LogP contribution in [0.1, 0.15) is 52.6 Å². The van der Waals surface area contributed by atoms with Crippen molar-refractivity contribution >= 4 is 5.91 Å². The number of likely N-dealkylation sites (tertiary alicyclic amines) is 1. The molecule has 1 fully saturated rings. The molecule has 0 unspecified atom stereocenters. The first kappa shape index (κ1) is 21.8. The molecule has 0 bridgehead atoms. The van der Waals surface area contributed by atoms with Crippen molar-refractivity contribution in [3.05, 3.63) is 52.8 Å². The van der Waals surface area contributed by atoms with E-state index in [9.17, 15) is 4.79 Å². The lowest BCUT2D eigenvalue weighted by Crippen LogP contribution is -2.35. The van der Waals surface area contributed by atoms with Gasteiger partial charge in [0.1, 0.15) is 6.04 Å². The smallest absolute Gasteiger partial charge is 0.253 e. The van der Waals surface area contributed by atoms with E-state index in [1.165, 1.54) is 6.42 Å². The van der Waals surface area contributed by atoms with Gasteiger partial charge in [0, 0.05) is 30.8 Å². The van der Waals surface area contributed by atoms with E-state index in [2.05, 4.69) is 27.5 Å². The fraction of sp³-hybridized carbons (Fsp3) is 0.440. The van der Waals surface area contributed by atoms with Crippen molar-refractivity contribution in [1.29, 1.82) is 0 Å². The molecular weight excluding hydrogens is 448 g/mol. The highest BCUT2D eigenvalue weighted by Gasteiger charge is 2.37. The summed E-state index contributed by atoms with van der Waals surface area (Å²) >= 11 is 0. The molecule has 1 atom stereocenters. The molecule has 10 heteroatoms. The highest BCUT2D eigenvalue weighted by atomic mass is 16.7. The Morgan fingerprint density at radius 1 is 1.09 bits per heavy atom. The predicted molar refractivity (Wildman–Crippen MR) is 126 cm³/mol. The van der Waals surface area contributed by atoms with Gasteiger partial charge in [0.15, 0.2) is 17.3 Å². The second-order valence-corrected chi connectivity index (χ2v) is 9.20. The van der Waals surface area contributed by atoms with Crippen molar-refractivity contribution in [1.82, 2.24) is 30.0 Å². The van der Waals surface area contributed by atoms with Crippen LogP contribution in [-0.2, 0) is 6.42 Å². The number of piperidine rings is 1. The van der Waals surface area contributed by atoms with Crippen molar-refractivity contribution in [2.75, 3.05) is 40.6 Å². The lowest BCUT2D eigenvalue weighted by Gasteiger charge is -2.34. The third kappa shape index (κ3) is 3.68. The second-order valence-electron chi connectivity index (χ2n) is 9.20. The Morgan fingerprint density at radius 3 is 2.66 bits per heavy atom. The van der Waals surface area contributed by atoms with Crippen molar-refractivity contribution in [2.45, 2.75) is 31.7 Å². The number of methoxy groups -OCH3 is 1. The Hall–Kier alpha value is -3.66. The minimum atomic E-state index is -0.243. The largest absolute Gasteiger partial charge is 0.492 e. The zero-order valence-corrected chi connectivity index (χ0v) is 19.9. The predicted octanol–water partition coefficient (Wildman–Crippen LogP) is 2.60. The number of carbonyl (C=O) groups excluding carboxylic acids is 1. The lowest BCUT2D eigenvalue weighted by molar-refractivity contribution is 0.0724. The number of rotatable bonds is 4. The lowest BCUT2D eigenvalue weighted by atomic mass is 9.90. The van der Waals surface area contributed by atoms with Crippen LogP contribution >= 0.6 is 0 Å². The molecule has 10 nitrogen and oxygen atoms in total. The molecule has 1 amide bonds. The van der Waals surface area contributed by atoms with Crippen LogP contribution in [-0.4, -0.2) is 76.5 Å². The van der Waals surface area contributed by atoms with Gasteiger partial charge in [-0.15, -0.1) is 5.10 Å². The number of aromatic nitrogens is 4. The van der Waals surface area contributed by atoms with Gasteiger partial charge < -0.3 is 19.1 Å². The van der Waals surface area contributed by atoms with Crippen LogP contribution in [0.25, 0.3) is 5.69 Å². The van der Waals surface area contributed by atoms with Crippen molar-refractivity contribution in [2.24, 2.45) is 0 Å². The SMILES string of the molecule is COc1c2c(cc3c1[C@@H](c1nnnn1-c1ccc(C(=O)N4CCCCC4)cc1)N(C)CC3)OCO2. The molecular formula is C25H28N6O4. The molecule has 0 radical (unpaired) electrons. The van der Waals surface area contributed by atoms with E-state index in [1.807, 2.05) is 35.2 Å². The average Bonchev–Trinajstić information content (AvgIpc) is 3.57. The molecule has 35 heavy (non-hydrogen) atoms. The molecule has 1 aromatic heterocycles. The van der Waals surface area contributed by atoms with Crippen molar-refractivity contribution < 1.29 is 19.0 Å². The summed E-state index contributed by atoms with van der Waals surface area (Å²) in [6.45, 7) is 2.66. The number of benzene rings is 2. The molecule has 0 aliphatic carbocycles. The summed E-state index contributed by atoms with van der Waals surface area (Å²) in [5.74, 6) is 2.72. The zero-order valence-electron chi connectivity index (χ0n) is 19.9. The van der Waals surface area contributed by atoms with Crippen LogP contribution in [0.5, 0.6) is 17.2 Å². The molecule has 0 spiro atoms. The summed E-state index contributed by atoms with van der Waals surface area (Å²) in [5, 5.41) is 12.7. The summed E-state index contributed by atoms with van der Waals surface area (Å²) in [4.78, 5) is 17.0. The molecule has 3 aliphatic rings. The summed E-state index contributed by atoms with van der Waals surface area (Å²) < 4.78 is 18.9. The molecule has 0 saturated carbocycles. The third-order valence-electron chi connectivity index (χ3n) is 7.14. The summed E-state index contributed by atoms with van der Waals surface area (Å²) in [7, 11) is 3.70. The van der Waals surface area contributed by atoms with Gasteiger partial charge in [-0.1, -0.05) is 0 Å². The number of fused-ring (bicyclic) bond motifs is 2. The molecule has 3 aromatic rings. The number of hydrogen-bond donors (Lipinski definition) is 0. The van der Waals surface area contributed by atoms with Crippen molar-refractivity contribution in [3.8, 4) is 22.9 Å². The van der Waals surface area contributed by atoms with Gasteiger partial charge in [0.2, 0.25) is 12.5 Å². The molecule has 4 heterocycles. The van der Waals surface area contributed by atoms with Crippen LogP contribution in [0.2, 0.25) is 0 Å². The molecule has 2 aromatic carbocycles. The molecule has 1 saturated heterocycles. The summed E-state index contributed by atoms with van der Waals surface area (Å²) in [6, 6.07) is 9.31. The van der Waals surface area contributed by atoms with Crippen LogP contribution in [0.15, 0.2) is 30.3 Å². The Balaban J connectivity index is 1.36. The Morgan fingerprint density at radius 2 is 1.89 bits per heavy atom. The highest BCUT2D eigenvalue weighted by molar-refractivity contribution is 5.94. The van der Waals surface area contributed by atoms with E-state index in [0.29, 0.717) is 28.6 Å². The van der Waals surface area contributed by atoms with E-state index < -0.39 is 0 Å². The average molecular weight is 477 g/mol. The van der Waals surface area contributed by atoms with Gasteiger partial charge in [-0.25, -0.2) is 0 Å². The minimum Gasteiger partial charge on any atom is -0.492 e. The van der Waals surface area contributed by atoms with Crippen LogP contribution in [0.4, 0.5) is 0 Å². The van der Waals surface area contributed by atoms with Gasteiger partial charge in [0.05, 0.1) is 12.8 Å². The third-order valence-corrected chi connectivity index (χ3v) is 7.14. The number of nitrogens with zero attached hydrogens (tertiary/aromatic N) is 6. The number of tetrazole rings is 1. The zero-order chi connectivity index (χ0) is 23.9. The van der Waals surface area contributed by atoms with E-state index in [0.717, 1.165) is 55.7 Å². The fourth-order valence-electron chi connectivity index (χ4n) is 5.33. The maximum atomic E-state index is 12.9. The van der Waals surface area contributed by atoms with E-state index >= 15 is 0 Å². The van der Waals surface area contributed by atoms with Crippen LogP contribution < -0.4 is 14.2 Å². The molecule has 182 valence electrons. The van der Waals surface area contributed by atoms with Gasteiger partial charge in [0.25, 0.3) is 5.91 Å². The standard InChI is InChI=1S/C25H28N6O4/c1-29-13-10-17-14-19-22(35-15-34-19)23(33-2)20(17)21(29)24-26-27-28-31(24)18-8-6-16(7-9-18)25(32)30-11-4-3-5-12-30/h6-9,14,21H,3-5,10-13,15H2,1-2H3/t21-/m0/s1. The highest BCUT2D eigenvalue weighted by Crippen LogP contribution is 2.50. The van der Waals surface area contributed by atoms with Crippen molar-refractivity contribution in [3.63, 3.8) is 0 Å². The quantitative estimate of drug-likeness (QED) is 0.567. The maximum Gasteiger partial charge on any atom is 0.253 e. The molecule has 3 aliphatic heterocycles. The monoisotopic (exact) mass is 476 g/mol. The number of amides is 1. The van der Waals surface area contributed by atoms with E-state index in [1.54, 1.807) is 11.8 Å². The topological polar surface area (TPSA) is 94.8 Å². The summed E-state index contributed by atoms with van der Waals surface area (Å²) in [5.41, 5.74) is 3.59. The maximum absolute atomic E-state index is 12.9. The van der Waals surface area contributed by atoms with E-state index in [4.69, 9.17) is 14.2 Å². The number of hydrogen-bond acceptors (Lipinski definition) is 8. The van der Waals surface area contributed by atoms with Gasteiger partial charge in [-0.2, -0.15) is 4.68 Å². The molecule has 6 rings (SSSR count). The Bertz CT molecular complexity index is 1250. The van der Waals surface area contributed by atoms with Crippen LogP contribution in [0, 0.1) is 0 Å². The number of carbonyl (C=O) groups is 1. The first-order valence-corrected chi connectivity index (χ1v) is 12.0. The normalized spacial score (nSPS) is 19.5. The summed E-state index contributed by atoms with van der Waals surface area (Å²) in [6.07, 6.45) is 4.18. The van der Waals surface area contributed by atoms with Gasteiger partial charge in [-0.3, -0.25) is 9.69 Å². The minimum absolute atomic E-state index is 0.0786. The molecule has 0 N–H and O–H groups in total. The number of ether oxygens (including phenoxy) is 3. The van der Waals surface area contributed by atoms with Gasteiger partial charge >= 0.3 is 0 Å². The Kier molecular flexibility index (Phi) is 5.52. The van der Waals surface area contributed by atoms with Crippen LogP contribution in [0.3, 0.4) is 0 Å². The first-order chi connectivity index (χ1) is 17.2. The number of likely N-dealkylation sites (N-methyl/N-ethyl adjacent to an activating group) is 1. The first-order valence-electron chi connectivity index (χ1n) is 12.0. The second kappa shape index (κ2) is 8.84. The van der Waals surface area contributed by atoms with E-state index in [-0.39, 0.29) is 18.7 Å². The van der Waals surface area contributed by atoms with Gasteiger partial charge in [-0.05, 0) is 79.1 Å². The fourth-order valence-corrected chi connectivity index (χ4v) is 5.33.